The molecule has 2 aliphatic rings. The molecule has 1 aliphatic carbocycles. The van der Waals surface area contributed by atoms with Crippen LogP contribution in [0.2, 0.25) is 0 Å². The molecular weight excluding hydrogens is 252 g/mol. The van der Waals surface area contributed by atoms with Gasteiger partial charge in [-0.2, -0.15) is 0 Å². The maximum atomic E-state index is 3.86. The van der Waals surface area contributed by atoms with Gasteiger partial charge in [-0.15, -0.1) is 11.3 Å². The number of hydrogen-bond donors (Lipinski definition) is 1. The lowest BCUT2D eigenvalue weighted by atomic mass is 9.97. The molecule has 1 aliphatic heterocycles. The molecule has 1 N–H and O–H groups in total. The summed E-state index contributed by atoms with van der Waals surface area (Å²) in [5.74, 6) is 0.872. The van der Waals surface area contributed by atoms with E-state index < -0.39 is 0 Å². The van der Waals surface area contributed by atoms with Crippen molar-refractivity contribution in [3.8, 4) is 0 Å². The van der Waals surface area contributed by atoms with E-state index in [0.29, 0.717) is 6.04 Å². The fraction of sp³-hybridized carbons (Fsp3) is 0.750. The zero-order chi connectivity index (χ0) is 12.9. The van der Waals surface area contributed by atoms with Crippen LogP contribution in [-0.4, -0.2) is 31.1 Å². The second-order valence-corrected chi connectivity index (χ2v) is 7.02. The molecule has 2 heterocycles. The minimum absolute atomic E-state index is 0.616. The molecule has 2 nitrogen and oxygen atoms in total. The van der Waals surface area contributed by atoms with Crippen molar-refractivity contribution in [2.75, 3.05) is 26.2 Å². The molecule has 1 saturated carbocycles. The van der Waals surface area contributed by atoms with Gasteiger partial charge in [0.1, 0.15) is 0 Å². The molecule has 1 atom stereocenters. The smallest absolute Gasteiger partial charge is 0.0443 e. The monoisotopic (exact) mass is 278 g/mol. The first kappa shape index (κ1) is 13.6. The second kappa shape index (κ2) is 6.87. The van der Waals surface area contributed by atoms with Gasteiger partial charge in [0.05, 0.1) is 0 Å². The summed E-state index contributed by atoms with van der Waals surface area (Å²) < 4.78 is 0. The highest BCUT2D eigenvalue weighted by molar-refractivity contribution is 7.10. The minimum Gasteiger partial charge on any atom is -0.308 e. The van der Waals surface area contributed by atoms with E-state index in [-0.39, 0.29) is 0 Å². The Morgan fingerprint density at radius 1 is 1.21 bits per heavy atom. The lowest BCUT2D eigenvalue weighted by Crippen LogP contribution is -2.34. The molecule has 3 heteroatoms. The summed E-state index contributed by atoms with van der Waals surface area (Å²) in [6.45, 7) is 5.01. The third-order valence-corrected chi connectivity index (χ3v) is 5.67. The molecule has 0 aromatic carbocycles. The van der Waals surface area contributed by atoms with Crippen LogP contribution in [-0.2, 0) is 0 Å². The lowest BCUT2D eigenvalue weighted by molar-refractivity contribution is 0.305. The number of likely N-dealkylation sites (tertiary alicyclic amines) is 1. The van der Waals surface area contributed by atoms with E-state index in [4.69, 9.17) is 0 Å². The van der Waals surface area contributed by atoms with E-state index in [9.17, 15) is 0 Å². The van der Waals surface area contributed by atoms with Crippen molar-refractivity contribution < 1.29 is 0 Å². The highest BCUT2D eigenvalue weighted by Crippen LogP contribution is 2.37. The highest BCUT2D eigenvalue weighted by atomic mass is 32.1. The van der Waals surface area contributed by atoms with Gasteiger partial charge in [-0.1, -0.05) is 18.9 Å². The topological polar surface area (TPSA) is 15.3 Å². The Morgan fingerprint density at radius 2 is 2.00 bits per heavy atom. The van der Waals surface area contributed by atoms with Gasteiger partial charge in [0.15, 0.2) is 0 Å². The van der Waals surface area contributed by atoms with Crippen molar-refractivity contribution in [1.29, 1.82) is 0 Å². The number of hydrogen-bond acceptors (Lipinski definition) is 3. The normalized spacial score (nSPS) is 23.2. The van der Waals surface area contributed by atoms with E-state index in [1.165, 1.54) is 58.2 Å². The first-order chi connectivity index (χ1) is 9.43. The predicted octanol–water partition coefficient (Wildman–Crippen LogP) is 3.66. The molecule has 1 saturated heterocycles. The largest absolute Gasteiger partial charge is 0.308 e. The molecule has 1 aromatic heterocycles. The molecular formula is C16H26N2S. The van der Waals surface area contributed by atoms with Gasteiger partial charge < -0.3 is 10.2 Å². The molecule has 1 unspecified atom stereocenters. The van der Waals surface area contributed by atoms with Crippen LogP contribution in [0.3, 0.4) is 0 Å². The molecule has 3 rings (SSSR count). The van der Waals surface area contributed by atoms with Gasteiger partial charge in [-0.25, -0.2) is 0 Å². The Balaban J connectivity index is 1.53. The van der Waals surface area contributed by atoms with Crippen molar-refractivity contribution >= 4 is 11.3 Å². The molecule has 1 aromatic rings. The maximum absolute atomic E-state index is 3.86. The van der Waals surface area contributed by atoms with Crippen LogP contribution >= 0.6 is 11.3 Å². The number of nitrogens with zero attached hydrogens (tertiary/aromatic N) is 1. The molecule has 0 bridgehead atoms. The molecule has 2 fully saturated rings. The third-order valence-electron chi connectivity index (χ3n) is 4.71. The van der Waals surface area contributed by atoms with Gasteiger partial charge in [-0.05, 0) is 56.1 Å². The van der Waals surface area contributed by atoms with Crippen molar-refractivity contribution in [1.82, 2.24) is 10.2 Å². The molecule has 106 valence electrons. The van der Waals surface area contributed by atoms with Gasteiger partial charge in [0.2, 0.25) is 0 Å². The summed E-state index contributed by atoms with van der Waals surface area (Å²) in [6, 6.07) is 5.13. The van der Waals surface area contributed by atoms with E-state index in [0.717, 1.165) is 12.5 Å². The maximum Gasteiger partial charge on any atom is 0.0443 e. The van der Waals surface area contributed by atoms with Gasteiger partial charge in [0, 0.05) is 24.0 Å². The van der Waals surface area contributed by atoms with Gasteiger partial charge in [-0.3, -0.25) is 0 Å². The Kier molecular flexibility index (Phi) is 4.91. The van der Waals surface area contributed by atoms with E-state index in [1.54, 1.807) is 4.88 Å². The summed E-state index contributed by atoms with van der Waals surface area (Å²) >= 11 is 1.92. The number of rotatable bonds is 6. The molecule has 0 amide bonds. The highest BCUT2D eigenvalue weighted by Gasteiger charge is 2.26. The van der Waals surface area contributed by atoms with Crippen molar-refractivity contribution in [3.63, 3.8) is 0 Å². The summed E-state index contributed by atoms with van der Waals surface area (Å²) in [5, 5.41) is 6.08. The van der Waals surface area contributed by atoms with Crippen LogP contribution in [0.5, 0.6) is 0 Å². The number of nitrogens with one attached hydrogen (secondary N) is 1. The predicted molar refractivity (Wildman–Crippen MR) is 82.7 cm³/mol. The molecule has 0 spiro atoms. The van der Waals surface area contributed by atoms with E-state index >= 15 is 0 Å². The van der Waals surface area contributed by atoms with E-state index in [1.807, 2.05) is 11.3 Å². The zero-order valence-corrected chi connectivity index (χ0v) is 12.6. The summed E-state index contributed by atoms with van der Waals surface area (Å²) in [5.41, 5.74) is 0. The number of thiophene rings is 1. The summed E-state index contributed by atoms with van der Waals surface area (Å²) in [7, 11) is 0. The average Bonchev–Trinajstić information content (AvgIpc) is 3.15. The summed E-state index contributed by atoms with van der Waals surface area (Å²) in [4.78, 5) is 4.15. The van der Waals surface area contributed by atoms with Crippen LogP contribution in [0.25, 0.3) is 0 Å². The molecule has 19 heavy (non-hydrogen) atoms. The van der Waals surface area contributed by atoms with Crippen molar-refractivity contribution in [3.05, 3.63) is 22.4 Å². The molecule has 0 radical (unpaired) electrons. The minimum atomic E-state index is 0.616. The van der Waals surface area contributed by atoms with Crippen LogP contribution in [0.4, 0.5) is 0 Å². The fourth-order valence-corrected chi connectivity index (χ4v) is 4.54. The Morgan fingerprint density at radius 3 is 2.68 bits per heavy atom. The second-order valence-electron chi connectivity index (χ2n) is 6.04. The van der Waals surface area contributed by atoms with Crippen LogP contribution < -0.4 is 5.32 Å². The van der Waals surface area contributed by atoms with Crippen LogP contribution in [0.1, 0.15) is 49.4 Å². The standard InChI is InChI=1S/C16H26N2S/c1-2-7-14(6-1)16(15-8-5-13-19-15)17-9-12-18-10-3-4-11-18/h5,8,13-14,16-17H,1-4,6-7,9-12H2. The first-order valence-electron chi connectivity index (χ1n) is 7.92. The first-order valence-corrected chi connectivity index (χ1v) is 8.80. The lowest BCUT2D eigenvalue weighted by Gasteiger charge is -2.25. The van der Waals surface area contributed by atoms with Gasteiger partial charge >= 0.3 is 0 Å². The van der Waals surface area contributed by atoms with Crippen molar-refractivity contribution in [2.45, 2.75) is 44.6 Å². The average molecular weight is 278 g/mol. The quantitative estimate of drug-likeness (QED) is 0.854. The Hall–Kier alpha value is -0.380. The third kappa shape index (κ3) is 3.59. The Labute approximate surface area is 121 Å². The zero-order valence-electron chi connectivity index (χ0n) is 11.8. The van der Waals surface area contributed by atoms with Gasteiger partial charge in [0.25, 0.3) is 0 Å². The fourth-order valence-electron chi connectivity index (χ4n) is 3.64. The van der Waals surface area contributed by atoms with Crippen LogP contribution in [0.15, 0.2) is 17.5 Å². The van der Waals surface area contributed by atoms with Crippen LogP contribution in [0, 0.1) is 5.92 Å². The van der Waals surface area contributed by atoms with Crippen molar-refractivity contribution in [2.24, 2.45) is 5.92 Å². The summed E-state index contributed by atoms with van der Waals surface area (Å²) in [6.07, 6.45) is 8.49. The van der Waals surface area contributed by atoms with E-state index in [2.05, 4.69) is 27.7 Å². The Bertz CT molecular complexity index is 351. The SMILES string of the molecule is c1csc(C(NCCN2CCCC2)C2CCCC2)c1.